The van der Waals surface area contributed by atoms with Crippen molar-refractivity contribution in [3.8, 4) is 11.4 Å². The number of nitrogens with zero attached hydrogens (tertiary/aromatic N) is 5. The van der Waals surface area contributed by atoms with Crippen LogP contribution in [0.15, 0.2) is 18.3 Å². The van der Waals surface area contributed by atoms with Crippen molar-refractivity contribution >= 4 is 0 Å². The average Bonchev–Trinajstić information content (AvgIpc) is 3.06. The van der Waals surface area contributed by atoms with Gasteiger partial charge in [-0.05, 0) is 59.3 Å². The Kier molecular flexibility index (Phi) is 3.76. The van der Waals surface area contributed by atoms with Crippen molar-refractivity contribution in [2.45, 2.75) is 45.7 Å². The second kappa shape index (κ2) is 5.56. The molecule has 5 heteroatoms. The fourth-order valence-electron chi connectivity index (χ4n) is 3.11. The van der Waals surface area contributed by atoms with E-state index < -0.39 is 0 Å². The number of aryl methyl sites for hydroxylation is 1. The van der Waals surface area contributed by atoms with Gasteiger partial charge in [-0.1, -0.05) is 0 Å². The van der Waals surface area contributed by atoms with Crippen molar-refractivity contribution < 1.29 is 0 Å². The summed E-state index contributed by atoms with van der Waals surface area (Å²) < 4.78 is 2.02. The minimum atomic E-state index is 0.322. The Labute approximate surface area is 126 Å². The Hall–Kier alpha value is -1.75. The average molecular weight is 285 g/mol. The van der Waals surface area contributed by atoms with E-state index in [9.17, 15) is 0 Å². The largest absolute Gasteiger partial charge is 0.298 e. The van der Waals surface area contributed by atoms with Crippen molar-refractivity contribution in [2.24, 2.45) is 0 Å². The highest BCUT2D eigenvalue weighted by atomic mass is 15.3. The second-order valence-corrected chi connectivity index (χ2v) is 6.12. The maximum absolute atomic E-state index is 4.67. The van der Waals surface area contributed by atoms with E-state index in [0.717, 1.165) is 29.5 Å². The molecular weight excluding hydrogens is 262 g/mol. The van der Waals surface area contributed by atoms with Gasteiger partial charge in [0.2, 0.25) is 0 Å². The highest BCUT2D eigenvalue weighted by Gasteiger charge is 2.25. The van der Waals surface area contributed by atoms with E-state index in [0.29, 0.717) is 12.1 Å². The molecule has 5 nitrogen and oxygen atoms in total. The van der Waals surface area contributed by atoms with E-state index in [1.54, 1.807) is 0 Å². The number of rotatable bonds is 3. The van der Waals surface area contributed by atoms with E-state index in [-0.39, 0.29) is 0 Å². The Bertz CT molecular complexity index is 631. The van der Waals surface area contributed by atoms with E-state index in [4.69, 9.17) is 0 Å². The standard InChI is InChI=1S/C16H23N5/c1-11(2)21-16(7-8-17-21)14-10-13(18-12(3)19-14)15-6-5-9-20(15)4/h7-8,10-11,15H,5-6,9H2,1-4H3/t15-/m0/s1. The summed E-state index contributed by atoms with van der Waals surface area (Å²) in [4.78, 5) is 11.7. The number of hydrogen-bond donors (Lipinski definition) is 0. The molecule has 0 spiro atoms. The van der Waals surface area contributed by atoms with Crippen LogP contribution in [-0.2, 0) is 0 Å². The van der Waals surface area contributed by atoms with Gasteiger partial charge in [-0.15, -0.1) is 0 Å². The van der Waals surface area contributed by atoms with Crippen LogP contribution in [0.2, 0.25) is 0 Å². The van der Waals surface area contributed by atoms with Crippen molar-refractivity contribution in [1.29, 1.82) is 0 Å². The van der Waals surface area contributed by atoms with Gasteiger partial charge in [-0.3, -0.25) is 9.58 Å². The monoisotopic (exact) mass is 285 g/mol. The number of hydrogen-bond acceptors (Lipinski definition) is 4. The van der Waals surface area contributed by atoms with Gasteiger partial charge in [0.25, 0.3) is 0 Å². The summed E-state index contributed by atoms with van der Waals surface area (Å²) in [6.45, 7) is 7.39. The Morgan fingerprint density at radius 2 is 2.10 bits per heavy atom. The molecule has 1 fully saturated rings. The Morgan fingerprint density at radius 3 is 2.76 bits per heavy atom. The molecule has 1 aliphatic rings. The first kappa shape index (κ1) is 14.2. The quantitative estimate of drug-likeness (QED) is 0.869. The Morgan fingerprint density at radius 1 is 1.29 bits per heavy atom. The van der Waals surface area contributed by atoms with Gasteiger partial charge in [-0.2, -0.15) is 5.10 Å². The first-order chi connectivity index (χ1) is 10.1. The predicted molar refractivity (Wildman–Crippen MR) is 83.0 cm³/mol. The molecule has 0 N–H and O–H groups in total. The zero-order valence-corrected chi connectivity index (χ0v) is 13.2. The lowest BCUT2D eigenvalue weighted by Crippen LogP contribution is -2.19. The van der Waals surface area contributed by atoms with Crippen molar-refractivity contribution in [3.63, 3.8) is 0 Å². The molecule has 0 saturated carbocycles. The van der Waals surface area contributed by atoms with Gasteiger partial charge >= 0.3 is 0 Å². The Balaban J connectivity index is 2.03. The lowest BCUT2D eigenvalue weighted by molar-refractivity contribution is 0.311. The summed E-state index contributed by atoms with van der Waals surface area (Å²) in [5.41, 5.74) is 3.18. The fourth-order valence-corrected chi connectivity index (χ4v) is 3.11. The molecule has 21 heavy (non-hydrogen) atoms. The third kappa shape index (κ3) is 2.70. The van der Waals surface area contributed by atoms with Crippen LogP contribution in [0.3, 0.4) is 0 Å². The fraction of sp³-hybridized carbons (Fsp3) is 0.562. The first-order valence-electron chi connectivity index (χ1n) is 7.66. The molecule has 3 heterocycles. The topological polar surface area (TPSA) is 46.8 Å². The molecule has 0 radical (unpaired) electrons. The zero-order valence-electron chi connectivity index (χ0n) is 13.2. The summed E-state index contributed by atoms with van der Waals surface area (Å²) in [5, 5.41) is 4.41. The molecule has 3 rings (SSSR count). The van der Waals surface area contributed by atoms with Crippen molar-refractivity contribution in [2.75, 3.05) is 13.6 Å². The highest BCUT2D eigenvalue weighted by Crippen LogP contribution is 2.31. The third-order valence-electron chi connectivity index (χ3n) is 4.14. The van der Waals surface area contributed by atoms with E-state index in [2.05, 4.69) is 46.9 Å². The molecular formula is C16H23N5. The van der Waals surface area contributed by atoms with Gasteiger partial charge in [0.05, 0.1) is 23.1 Å². The summed E-state index contributed by atoms with van der Waals surface area (Å²) in [5.74, 6) is 0.833. The van der Waals surface area contributed by atoms with Crippen LogP contribution < -0.4 is 0 Å². The first-order valence-corrected chi connectivity index (χ1v) is 7.66. The molecule has 112 valence electrons. The van der Waals surface area contributed by atoms with Crippen LogP contribution in [0.4, 0.5) is 0 Å². The van der Waals surface area contributed by atoms with Crippen LogP contribution in [0.1, 0.15) is 50.3 Å². The highest BCUT2D eigenvalue weighted by molar-refractivity contribution is 5.55. The molecule has 0 unspecified atom stereocenters. The lowest BCUT2D eigenvalue weighted by Gasteiger charge is -2.20. The summed E-state index contributed by atoms with van der Waals surface area (Å²) in [6, 6.07) is 4.91. The van der Waals surface area contributed by atoms with Crippen LogP contribution in [0.25, 0.3) is 11.4 Å². The van der Waals surface area contributed by atoms with Gasteiger partial charge in [-0.25, -0.2) is 9.97 Å². The van der Waals surface area contributed by atoms with E-state index in [1.165, 1.54) is 12.8 Å². The van der Waals surface area contributed by atoms with Gasteiger partial charge in [0.15, 0.2) is 0 Å². The van der Waals surface area contributed by atoms with Crippen LogP contribution >= 0.6 is 0 Å². The van der Waals surface area contributed by atoms with Crippen LogP contribution in [0, 0.1) is 6.92 Å². The number of likely N-dealkylation sites (tertiary alicyclic amines) is 1. The third-order valence-corrected chi connectivity index (χ3v) is 4.14. The normalized spacial score (nSPS) is 19.6. The zero-order chi connectivity index (χ0) is 15.0. The minimum absolute atomic E-state index is 0.322. The second-order valence-electron chi connectivity index (χ2n) is 6.12. The molecule has 0 aromatic carbocycles. The predicted octanol–water partition coefficient (Wildman–Crippen LogP) is 3.00. The van der Waals surface area contributed by atoms with Crippen molar-refractivity contribution in [1.82, 2.24) is 24.6 Å². The molecule has 1 saturated heterocycles. The molecule has 1 atom stereocenters. The van der Waals surface area contributed by atoms with Crippen molar-refractivity contribution in [3.05, 3.63) is 29.8 Å². The molecule has 0 aliphatic carbocycles. The molecule has 2 aromatic heterocycles. The summed E-state index contributed by atoms with van der Waals surface area (Å²) in [6.07, 6.45) is 4.26. The maximum atomic E-state index is 4.67. The van der Waals surface area contributed by atoms with Gasteiger partial charge in [0, 0.05) is 12.2 Å². The van der Waals surface area contributed by atoms with E-state index >= 15 is 0 Å². The number of aromatic nitrogens is 4. The molecule has 0 amide bonds. The maximum Gasteiger partial charge on any atom is 0.126 e. The SMILES string of the molecule is Cc1nc(-c2ccnn2C(C)C)cc([C@@H]2CCCN2C)n1. The summed E-state index contributed by atoms with van der Waals surface area (Å²) >= 11 is 0. The lowest BCUT2D eigenvalue weighted by atomic mass is 10.1. The molecule has 1 aliphatic heterocycles. The molecule has 2 aromatic rings. The van der Waals surface area contributed by atoms with Crippen LogP contribution in [0.5, 0.6) is 0 Å². The van der Waals surface area contributed by atoms with Gasteiger partial charge in [0.1, 0.15) is 5.82 Å². The molecule has 0 bridgehead atoms. The smallest absolute Gasteiger partial charge is 0.126 e. The minimum Gasteiger partial charge on any atom is -0.298 e. The van der Waals surface area contributed by atoms with Gasteiger partial charge < -0.3 is 0 Å². The summed E-state index contributed by atoms with van der Waals surface area (Å²) in [7, 11) is 2.17. The van der Waals surface area contributed by atoms with E-state index in [1.807, 2.05) is 23.9 Å². The van der Waals surface area contributed by atoms with Crippen LogP contribution in [-0.4, -0.2) is 38.2 Å².